The highest BCUT2D eigenvalue weighted by atomic mass is 79.9. The van der Waals surface area contributed by atoms with Crippen LogP contribution in [0.5, 0.6) is 0 Å². The van der Waals surface area contributed by atoms with Crippen LogP contribution >= 0.6 is 54.5 Å². The average Bonchev–Trinajstić information content (AvgIpc) is 3.04. The first-order valence-corrected chi connectivity index (χ1v) is 9.82. The minimum atomic E-state index is 1.07. The van der Waals surface area contributed by atoms with E-state index in [9.17, 15) is 0 Å². The third-order valence-electron chi connectivity index (χ3n) is 3.36. The zero-order valence-corrected chi connectivity index (χ0v) is 16.0. The first kappa shape index (κ1) is 14.5. The fourth-order valence-corrected chi connectivity index (χ4v) is 5.84. The van der Waals surface area contributed by atoms with E-state index in [0.29, 0.717) is 0 Å². The van der Waals surface area contributed by atoms with Crippen LogP contribution < -0.4 is 0 Å². The van der Waals surface area contributed by atoms with E-state index in [2.05, 4.69) is 92.2 Å². The van der Waals surface area contributed by atoms with Crippen molar-refractivity contribution in [3.63, 3.8) is 0 Å². The molecule has 0 radical (unpaired) electrons. The van der Waals surface area contributed by atoms with Gasteiger partial charge in [-0.05, 0) is 55.8 Å². The molecule has 2 aromatic heterocycles. The molecule has 0 aliphatic heterocycles. The topological polar surface area (TPSA) is 0 Å². The van der Waals surface area contributed by atoms with Gasteiger partial charge in [0.2, 0.25) is 0 Å². The predicted molar refractivity (Wildman–Crippen MR) is 105 cm³/mol. The molecule has 0 N–H and O–H groups in total. The molecule has 0 amide bonds. The first-order valence-electron chi connectivity index (χ1n) is 6.60. The molecule has 0 bridgehead atoms. The second kappa shape index (κ2) is 5.82. The fraction of sp³-hybridized carbons (Fsp3) is 0. The van der Waals surface area contributed by atoms with Crippen LogP contribution in [0.25, 0.3) is 20.2 Å². The Labute approximate surface area is 153 Å². The van der Waals surface area contributed by atoms with Gasteiger partial charge >= 0.3 is 0 Å². The van der Waals surface area contributed by atoms with Crippen LogP contribution in [0.2, 0.25) is 0 Å². The summed E-state index contributed by atoms with van der Waals surface area (Å²) in [5.74, 6) is 6.65. The van der Waals surface area contributed by atoms with Gasteiger partial charge in [0.25, 0.3) is 0 Å². The molecule has 106 valence electrons. The number of fused-ring (bicyclic) bond motifs is 2. The van der Waals surface area contributed by atoms with Crippen molar-refractivity contribution in [1.29, 1.82) is 0 Å². The van der Waals surface area contributed by atoms with Gasteiger partial charge in [0.15, 0.2) is 0 Å². The van der Waals surface area contributed by atoms with Crippen molar-refractivity contribution in [2.75, 3.05) is 0 Å². The summed E-state index contributed by atoms with van der Waals surface area (Å²) < 4.78 is 4.71. The number of thiophene rings is 2. The summed E-state index contributed by atoms with van der Waals surface area (Å²) in [6, 6.07) is 16.7. The van der Waals surface area contributed by atoms with Crippen molar-refractivity contribution >= 4 is 74.7 Å². The number of rotatable bonds is 0. The summed E-state index contributed by atoms with van der Waals surface area (Å²) in [6.07, 6.45) is 0. The second-order valence-electron chi connectivity index (χ2n) is 4.73. The minimum Gasteiger partial charge on any atom is -0.125 e. The standard InChI is InChI=1S/C18H8Br2S2/c19-17-11-5-1-3-7-13(11)21-15(17)9-10-16-18(20)12-6-2-4-8-14(12)22-16/h1-8H. The molecule has 0 saturated heterocycles. The van der Waals surface area contributed by atoms with Crippen molar-refractivity contribution in [1.82, 2.24) is 0 Å². The van der Waals surface area contributed by atoms with Crippen molar-refractivity contribution in [2.45, 2.75) is 0 Å². The highest BCUT2D eigenvalue weighted by molar-refractivity contribution is 9.11. The van der Waals surface area contributed by atoms with Crippen LogP contribution in [0, 0.1) is 11.8 Å². The van der Waals surface area contributed by atoms with E-state index in [0.717, 1.165) is 18.7 Å². The third kappa shape index (κ3) is 2.43. The molecule has 0 atom stereocenters. The lowest BCUT2D eigenvalue weighted by atomic mass is 10.2. The van der Waals surface area contributed by atoms with Crippen LogP contribution in [-0.4, -0.2) is 0 Å². The highest BCUT2D eigenvalue weighted by Gasteiger charge is 2.09. The molecule has 0 nitrogen and oxygen atoms in total. The van der Waals surface area contributed by atoms with Gasteiger partial charge in [0.1, 0.15) is 0 Å². The van der Waals surface area contributed by atoms with E-state index >= 15 is 0 Å². The smallest absolute Gasteiger partial charge is 0.0927 e. The summed E-state index contributed by atoms with van der Waals surface area (Å²) in [4.78, 5) is 2.15. The monoisotopic (exact) mass is 446 g/mol. The van der Waals surface area contributed by atoms with Gasteiger partial charge in [-0.2, -0.15) is 0 Å². The SMILES string of the molecule is Brc1c(C#Cc2sc3ccccc3c2Br)sc2ccccc12. The zero-order valence-electron chi connectivity index (χ0n) is 11.2. The van der Waals surface area contributed by atoms with Crippen molar-refractivity contribution in [2.24, 2.45) is 0 Å². The van der Waals surface area contributed by atoms with E-state index in [1.54, 1.807) is 22.7 Å². The Balaban J connectivity index is 1.83. The molecule has 0 unspecified atom stereocenters. The van der Waals surface area contributed by atoms with E-state index in [1.807, 2.05) is 0 Å². The molecule has 0 saturated carbocycles. The number of hydrogen-bond donors (Lipinski definition) is 0. The van der Waals surface area contributed by atoms with Crippen LogP contribution in [0.4, 0.5) is 0 Å². The van der Waals surface area contributed by atoms with Crippen LogP contribution in [0.15, 0.2) is 57.5 Å². The van der Waals surface area contributed by atoms with Gasteiger partial charge in [0, 0.05) is 20.2 Å². The largest absolute Gasteiger partial charge is 0.125 e. The Kier molecular flexibility index (Phi) is 3.83. The first-order chi connectivity index (χ1) is 10.7. The summed E-state index contributed by atoms with van der Waals surface area (Å²) in [5.41, 5.74) is 0. The van der Waals surface area contributed by atoms with Crippen LogP contribution in [-0.2, 0) is 0 Å². The van der Waals surface area contributed by atoms with Gasteiger partial charge in [-0.1, -0.05) is 36.4 Å². The van der Waals surface area contributed by atoms with Gasteiger partial charge in [-0.3, -0.25) is 0 Å². The summed E-state index contributed by atoms with van der Waals surface area (Å²) in [5, 5.41) is 2.46. The maximum Gasteiger partial charge on any atom is 0.0927 e. The fourth-order valence-electron chi connectivity index (χ4n) is 2.30. The lowest BCUT2D eigenvalue weighted by Crippen LogP contribution is -1.69. The Hall–Kier alpha value is -1.12. The molecule has 0 aliphatic rings. The van der Waals surface area contributed by atoms with Gasteiger partial charge < -0.3 is 0 Å². The molecule has 0 spiro atoms. The normalized spacial score (nSPS) is 10.8. The number of halogens is 2. The molecule has 4 heteroatoms. The molecule has 2 aromatic carbocycles. The molecule has 4 rings (SSSR count). The maximum absolute atomic E-state index is 3.68. The Morgan fingerprint density at radius 2 is 1.05 bits per heavy atom. The van der Waals surface area contributed by atoms with Crippen molar-refractivity contribution in [3.05, 3.63) is 67.2 Å². The van der Waals surface area contributed by atoms with Crippen molar-refractivity contribution < 1.29 is 0 Å². The third-order valence-corrected chi connectivity index (χ3v) is 7.70. The predicted octanol–water partition coefficient (Wildman–Crippen LogP) is 7.04. The molecular formula is C18H8Br2S2. The molecule has 0 fully saturated rings. The Bertz CT molecular complexity index is 977. The van der Waals surface area contributed by atoms with Gasteiger partial charge in [0.05, 0.1) is 18.7 Å². The summed E-state index contributed by atoms with van der Waals surface area (Å²) in [7, 11) is 0. The molecule has 4 aromatic rings. The van der Waals surface area contributed by atoms with Crippen LogP contribution in [0.3, 0.4) is 0 Å². The van der Waals surface area contributed by atoms with E-state index < -0.39 is 0 Å². The minimum absolute atomic E-state index is 1.07. The molecule has 22 heavy (non-hydrogen) atoms. The molecule has 0 aliphatic carbocycles. The summed E-state index contributed by atoms with van der Waals surface area (Å²) in [6.45, 7) is 0. The zero-order chi connectivity index (χ0) is 15.1. The molecule has 2 heterocycles. The van der Waals surface area contributed by atoms with E-state index in [-0.39, 0.29) is 0 Å². The van der Waals surface area contributed by atoms with Gasteiger partial charge in [-0.25, -0.2) is 0 Å². The van der Waals surface area contributed by atoms with E-state index in [1.165, 1.54) is 20.2 Å². The number of benzene rings is 2. The van der Waals surface area contributed by atoms with Gasteiger partial charge in [-0.15, -0.1) is 22.7 Å². The maximum atomic E-state index is 3.68. The lowest BCUT2D eigenvalue weighted by Gasteiger charge is -1.88. The average molecular weight is 448 g/mol. The summed E-state index contributed by atoms with van der Waals surface area (Å²) >= 11 is 10.8. The second-order valence-corrected chi connectivity index (χ2v) is 8.42. The van der Waals surface area contributed by atoms with E-state index in [4.69, 9.17) is 0 Å². The van der Waals surface area contributed by atoms with Crippen LogP contribution in [0.1, 0.15) is 9.75 Å². The Morgan fingerprint density at radius 3 is 1.45 bits per heavy atom. The Morgan fingerprint density at radius 1 is 0.636 bits per heavy atom. The molecular weight excluding hydrogens is 440 g/mol. The quantitative estimate of drug-likeness (QED) is 0.253. The lowest BCUT2D eigenvalue weighted by molar-refractivity contribution is 1.80. The number of hydrogen-bond acceptors (Lipinski definition) is 2. The van der Waals surface area contributed by atoms with Crippen molar-refractivity contribution in [3.8, 4) is 11.8 Å². The highest BCUT2D eigenvalue weighted by Crippen LogP contribution is 2.37.